The van der Waals surface area contributed by atoms with E-state index in [2.05, 4.69) is 44.8 Å². The van der Waals surface area contributed by atoms with Crippen LogP contribution < -0.4 is 5.32 Å². The fourth-order valence-corrected chi connectivity index (χ4v) is 2.43. The first-order valence-electron chi connectivity index (χ1n) is 7.67. The zero-order chi connectivity index (χ0) is 14.0. The van der Waals surface area contributed by atoms with E-state index >= 15 is 0 Å². The molecule has 0 aliphatic carbocycles. The molecule has 18 heavy (non-hydrogen) atoms. The number of nitrogens with zero attached hydrogens (tertiary/aromatic N) is 1. The zero-order valence-corrected chi connectivity index (χ0v) is 13.1. The largest absolute Gasteiger partial charge is 0.390 e. The molecule has 0 saturated carbocycles. The molecule has 0 aromatic carbocycles. The first-order chi connectivity index (χ1) is 8.54. The summed E-state index contributed by atoms with van der Waals surface area (Å²) in [4.78, 5) is 2.46. The molecule has 0 fully saturated rings. The SMILES string of the molecule is CCCNCC(O)CN(CC(C)C)C(CC)CC. The van der Waals surface area contributed by atoms with E-state index in [1.54, 1.807) is 0 Å². The number of hydrogen-bond acceptors (Lipinski definition) is 3. The van der Waals surface area contributed by atoms with E-state index in [0.717, 1.165) is 26.1 Å². The van der Waals surface area contributed by atoms with Gasteiger partial charge < -0.3 is 10.4 Å². The van der Waals surface area contributed by atoms with Crippen LogP contribution in [0.3, 0.4) is 0 Å². The monoisotopic (exact) mass is 258 g/mol. The van der Waals surface area contributed by atoms with Gasteiger partial charge in [-0.3, -0.25) is 4.90 Å². The zero-order valence-electron chi connectivity index (χ0n) is 13.1. The quantitative estimate of drug-likeness (QED) is 0.559. The van der Waals surface area contributed by atoms with E-state index in [4.69, 9.17) is 0 Å². The van der Waals surface area contributed by atoms with Gasteiger partial charge in [-0.1, -0.05) is 34.6 Å². The molecule has 0 radical (unpaired) electrons. The Kier molecular flexibility index (Phi) is 10.7. The van der Waals surface area contributed by atoms with Crippen molar-refractivity contribution in [1.29, 1.82) is 0 Å². The Labute approximate surface area is 114 Å². The van der Waals surface area contributed by atoms with Gasteiger partial charge in [-0.25, -0.2) is 0 Å². The first-order valence-corrected chi connectivity index (χ1v) is 7.67. The molecule has 110 valence electrons. The van der Waals surface area contributed by atoms with Crippen molar-refractivity contribution in [3.63, 3.8) is 0 Å². The molecule has 1 unspecified atom stereocenters. The normalized spacial score (nSPS) is 13.8. The van der Waals surface area contributed by atoms with Crippen molar-refractivity contribution in [1.82, 2.24) is 10.2 Å². The van der Waals surface area contributed by atoms with Crippen LogP contribution in [0, 0.1) is 5.92 Å². The van der Waals surface area contributed by atoms with E-state index in [0.29, 0.717) is 18.5 Å². The predicted octanol–water partition coefficient (Wildman–Crippen LogP) is 2.49. The van der Waals surface area contributed by atoms with Crippen LogP contribution in [0.15, 0.2) is 0 Å². The molecule has 0 saturated heterocycles. The molecule has 0 aromatic heterocycles. The molecule has 2 N–H and O–H groups in total. The van der Waals surface area contributed by atoms with Crippen molar-refractivity contribution in [2.24, 2.45) is 5.92 Å². The van der Waals surface area contributed by atoms with Gasteiger partial charge in [0.05, 0.1) is 6.10 Å². The molecule has 3 heteroatoms. The molecule has 0 aromatic rings. The molecule has 1 atom stereocenters. The lowest BCUT2D eigenvalue weighted by Gasteiger charge is -2.33. The summed E-state index contributed by atoms with van der Waals surface area (Å²) < 4.78 is 0. The minimum atomic E-state index is -0.254. The Balaban J connectivity index is 4.20. The van der Waals surface area contributed by atoms with Crippen LogP contribution in [0.1, 0.15) is 53.9 Å². The fraction of sp³-hybridized carbons (Fsp3) is 1.00. The van der Waals surface area contributed by atoms with Gasteiger partial charge in [0.2, 0.25) is 0 Å². The molecule has 0 aliphatic heterocycles. The van der Waals surface area contributed by atoms with Gasteiger partial charge in [0.1, 0.15) is 0 Å². The van der Waals surface area contributed by atoms with Crippen molar-refractivity contribution in [2.45, 2.75) is 66.0 Å². The number of nitrogens with one attached hydrogen (secondary N) is 1. The predicted molar refractivity (Wildman–Crippen MR) is 79.9 cm³/mol. The van der Waals surface area contributed by atoms with E-state index in [9.17, 15) is 5.11 Å². The third-order valence-corrected chi connectivity index (χ3v) is 3.31. The van der Waals surface area contributed by atoms with Crippen LogP contribution in [-0.4, -0.2) is 48.3 Å². The summed E-state index contributed by atoms with van der Waals surface area (Å²) in [5.74, 6) is 0.654. The molecule has 0 bridgehead atoms. The lowest BCUT2D eigenvalue weighted by Crippen LogP contribution is -2.44. The number of aliphatic hydroxyl groups is 1. The minimum Gasteiger partial charge on any atom is -0.390 e. The van der Waals surface area contributed by atoms with E-state index in [1.807, 2.05) is 0 Å². The highest BCUT2D eigenvalue weighted by Gasteiger charge is 2.19. The van der Waals surface area contributed by atoms with Gasteiger partial charge in [-0.05, 0) is 31.7 Å². The molecule has 0 aliphatic rings. The highest BCUT2D eigenvalue weighted by molar-refractivity contribution is 4.74. The highest BCUT2D eigenvalue weighted by Crippen LogP contribution is 2.12. The van der Waals surface area contributed by atoms with Crippen LogP contribution in [0.5, 0.6) is 0 Å². The topological polar surface area (TPSA) is 35.5 Å². The lowest BCUT2D eigenvalue weighted by atomic mass is 10.1. The first kappa shape index (κ1) is 17.9. The average molecular weight is 258 g/mol. The summed E-state index contributed by atoms with van der Waals surface area (Å²) in [5, 5.41) is 13.4. The summed E-state index contributed by atoms with van der Waals surface area (Å²) >= 11 is 0. The smallest absolute Gasteiger partial charge is 0.0791 e. The molecular formula is C15H34N2O. The second kappa shape index (κ2) is 10.8. The van der Waals surface area contributed by atoms with Gasteiger partial charge in [0.15, 0.2) is 0 Å². The van der Waals surface area contributed by atoms with Crippen LogP contribution in [-0.2, 0) is 0 Å². The summed E-state index contributed by atoms with van der Waals surface area (Å²) in [6.07, 6.45) is 3.20. The van der Waals surface area contributed by atoms with Crippen molar-refractivity contribution in [3.05, 3.63) is 0 Å². The number of aliphatic hydroxyl groups excluding tert-OH is 1. The molecule has 3 nitrogen and oxygen atoms in total. The summed E-state index contributed by atoms with van der Waals surface area (Å²) in [6, 6.07) is 0.605. The van der Waals surface area contributed by atoms with Crippen molar-refractivity contribution in [3.8, 4) is 0 Å². The van der Waals surface area contributed by atoms with E-state index < -0.39 is 0 Å². The maximum Gasteiger partial charge on any atom is 0.0791 e. The van der Waals surface area contributed by atoms with Gasteiger partial charge in [0, 0.05) is 25.7 Å². The maximum atomic E-state index is 10.1. The van der Waals surface area contributed by atoms with E-state index in [-0.39, 0.29) is 6.10 Å². The second-order valence-corrected chi connectivity index (χ2v) is 5.68. The van der Waals surface area contributed by atoms with Gasteiger partial charge in [-0.15, -0.1) is 0 Å². The van der Waals surface area contributed by atoms with E-state index in [1.165, 1.54) is 12.8 Å². The number of rotatable bonds is 11. The van der Waals surface area contributed by atoms with Crippen molar-refractivity contribution < 1.29 is 5.11 Å². The molecular weight excluding hydrogens is 224 g/mol. The van der Waals surface area contributed by atoms with Crippen LogP contribution in [0.2, 0.25) is 0 Å². The molecule has 0 rings (SSSR count). The number of hydrogen-bond donors (Lipinski definition) is 2. The Bertz CT molecular complexity index is 181. The van der Waals surface area contributed by atoms with Gasteiger partial charge >= 0.3 is 0 Å². The van der Waals surface area contributed by atoms with Gasteiger partial charge in [-0.2, -0.15) is 0 Å². The Morgan fingerprint density at radius 1 is 1.06 bits per heavy atom. The maximum absolute atomic E-state index is 10.1. The Morgan fingerprint density at radius 2 is 1.67 bits per heavy atom. The van der Waals surface area contributed by atoms with Crippen LogP contribution >= 0.6 is 0 Å². The average Bonchev–Trinajstić information content (AvgIpc) is 2.30. The molecule has 0 amide bonds. The second-order valence-electron chi connectivity index (χ2n) is 5.68. The third kappa shape index (κ3) is 8.06. The third-order valence-electron chi connectivity index (χ3n) is 3.31. The van der Waals surface area contributed by atoms with Crippen LogP contribution in [0.25, 0.3) is 0 Å². The fourth-order valence-electron chi connectivity index (χ4n) is 2.43. The van der Waals surface area contributed by atoms with Gasteiger partial charge in [0.25, 0.3) is 0 Å². The molecule has 0 spiro atoms. The lowest BCUT2D eigenvalue weighted by molar-refractivity contribution is 0.0750. The minimum absolute atomic E-state index is 0.254. The van der Waals surface area contributed by atoms with Crippen molar-refractivity contribution in [2.75, 3.05) is 26.2 Å². The standard InChI is InChI=1S/C15H34N2O/c1-6-9-16-10-15(18)12-17(11-13(4)5)14(7-2)8-3/h13-16,18H,6-12H2,1-5H3. The molecule has 0 heterocycles. The summed E-state index contributed by atoms with van der Waals surface area (Å²) in [5.41, 5.74) is 0. The summed E-state index contributed by atoms with van der Waals surface area (Å²) in [7, 11) is 0. The Hall–Kier alpha value is -0.120. The van der Waals surface area contributed by atoms with Crippen LogP contribution in [0.4, 0.5) is 0 Å². The Morgan fingerprint density at radius 3 is 2.11 bits per heavy atom. The van der Waals surface area contributed by atoms with Crippen molar-refractivity contribution >= 4 is 0 Å². The highest BCUT2D eigenvalue weighted by atomic mass is 16.3. The summed E-state index contributed by atoms with van der Waals surface area (Å²) in [6.45, 7) is 14.7.